The first-order chi connectivity index (χ1) is 7.79. The molecule has 0 bridgehead atoms. The van der Waals surface area contributed by atoms with Crippen LogP contribution in [-0.4, -0.2) is 28.4 Å². The third-order valence-corrected chi connectivity index (χ3v) is 4.15. The number of benzene rings is 1. The Morgan fingerprint density at radius 1 is 1.44 bits per heavy atom. The Morgan fingerprint density at radius 3 is 3.00 bits per heavy atom. The van der Waals surface area contributed by atoms with E-state index in [0.29, 0.717) is 18.1 Å². The molecule has 0 radical (unpaired) electrons. The zero-order valence-corrected chi connectivity index (χ0v) is 10.0. The Labute approximate surface area is 98.4 Å². The highest BCUT2D eigenvalue weighted by molar-refractivity contribution is 7.85. The zero-order chi connectivity index (χ0) is 11.4. The van der Waals surface area contributed by atoms with Gasteiger partial charge in [0.1, 0.15) is 11.9 Å². The maximum atomic E-state index is 11.7. The molecule has 4 heteroatoms. The van der Waals surface area contributed by atoms with Crippen molar-refractivity contribution in [2.75, 3.05) is 18.1 Å². The molecule has 2 N–H and O–H groups in total. The first-order valence-electron chi connectivity index (χ1n) is 5.59. The van der Waals surface area contributed by atoms with Crippen LogP contribution in [0.3, 0.4) is 0 Å². The number of hydrogen-bond donors (Lipinski definition) is 1. The smallest absolute Gasteiger partial charge is 0.123 e. The van der Waals surface area contributed by atoms with Gasteiger partial charge >= 0.3 is 0 Å². The van der Waals surface area contributed by atoms with E-state index >= 15 is 0 Å². The minimum Gasteiger partial charge on any atom is -0.489 e. The molecule has 2 unspecified atom stereocenters. The first-order valence-corrected chi connectivity index (χ1v) is 7.08. The van der Waals surface area contributed by atoms with Crippen molar-refractivity contribution in [1.82, 2.24) is 0 Å². The lowest BCUT2D eigenvalue weighted by Crippen LogP contribution is -2.23. The van der Waals surface area contributed by atoms with Crippen LogP contribution < -0.4 is 10.5 Å². The predicted molar refractivity (Wildman–Crippen MR) is 66.1 cm³/mol. The fourth-order valence-corrected chi connectivity index (χ4v) is 3.14. The number of para-hydroxylation sites is 1. The third-order valence-electron chi connectivity index (χ3n) is 2.66. The summed E-state index contributed by atoms with van der Waals surface area (Å²) in [6, 6.07) is 8.01. The van der Waals surface area contributed by atoms with Crippen LogP contribution in [0.1, 0.15) is 12.0 Å². The summed E-state index contributed by atoms with van der Waals surface area (Å²) in [6.45, 7) is 0.609. The molecule has 0 fully saturated rings. The van der Waals surface area contributed by atoms with E-state index in [9.17, 15) is 4.21 Å². The molecule has 0 saturated carbocycles. The van der Waals surface area contributed by atoms with Crippen molar-refractivity contribution >= 4 is 10.8 Å². The van der Waals surface area contributed by atoms with E-state index in [0.717, 1.165) is 18.6 Å². The molecule has 1 heterocycles. The van der Waals surface area contributed by atoms with Gasteiger partial charge in [-0.1, -0.05) is 18.2 Å². The van der Waals surface area contributed by atoms with Gasteiger partial charge in [-0.3, -0.25) is 4.21 Å². The van der Waals surface area contributed by atoms with Gasteiger partial charge in [0.15, 0.2) is 0 Å². The third kappa shape index (κ3) is 2.83. The Hall–Kier alpha value is -0.870. The van der Waals surface area contributed by atoms with Crippen molar-refractivity contribution in [3.8, 4) is 5.75 Å². The summed E-state index contributed by atoms with van der Waals surface area (Å²) in [5, 5.41) is 0. The van der Waals surface area contributed by atoms with Gasteiger partial charge in [0.2, 0.25) is 0 Å². The summed E-state index contributed by atoms with van der Waals surface area (Å²) in [7, 11) is -0.803. The minimum atomic E-state index is -0.803. The van der Waals surface area contributed by atoms with Gasteiger partial charge in [0, 0.05) is 23.0 Å². The lowest BCUT2D eigenvalue weighted by molar-refractivity contribution is 0.258. The van der Waals surface area contributed by atoms with E-state index in [4.69, 9.17) is 10.5 Å². The van der Waals surface area contributed by atoms with Crippen molar-refractivity contribution < 1.29 is 8.95 Å². The quantitative estimate of drug-likeness (QED) is 0.836. The summed E-state index contributed by atoms with van der Waals surface area (Å²) in [5.41, 5.74) is 6.61. The van der Waals surface area contributed by atoms with Gasteiger partial charge < -0.3 is 10.5 Å². The molecule has 88 valence electrons. The Kier molecular flexibility index (Phi) is 3.96. The summed E-state index contributed by atoms with van der Waals surface area (Å²) >= 11 is 0. The molecule has 1 aliphatic rings. The highest BCUT2D eigenvalue weighted by Gasteiger charge is 2.23. The van der Waals surface area contributed by atoms with Crippen molar-refractivity contribution in [3.05, 3.63) is 29.8 Å². The molecule has 1 aromatic rings. The number of nitrogens with two attached hydrogens (primary N) is 1. The number of rotatable bonds is 5. The topological polar surface area (TPSA) is 52.3 Å². The van der Waals surface area contributed by atoms with Gasteiger partial charge in [0.05, 0.1) is 5.75 Å². The van der Waals surface area contributed by atoms with Crippen LogP contribution in [0.25, 0.3) is 0 Å². The fraction of sp³-hybridized carbons (Fsp3) is 0.500. The van der Waals surface area contributed by atoms with Crippen LogP contribution >= 0.6 is 0 Å². The molecule has 2 rings (SSSR count). The maximum absolute atomic E-state index is 11.7. The van der Waals surface area contributed by atoms with Crippen molar-refractivity contribution in [3.63, 3.8) is 0 Å². The second kappa shape index (κ2) is 5.46. The van der Waals surface area contributed by atoms with E-state index in [2.05, 4.69) is 6.07 Å². The summed E-state index contributed by atoms with van der Waals surface area (Å²) in [6.07, 6.45) is 1.78. The zero-order valence-electron chi connectivity index (χ0n) is 9.22. The highest BCUT2D eigenvalue weighted by Crippen LogP contribution is 2.28. The van der Waals surface area contributed by atoms with Crippen molar-refractivity contribution in [1.29, 1.82) is 0 Å². The van der Waals surface area contributed by atoms with Crippen molar-refractivity contribution in [2.24, 2.45) is 5.73 Å². The van der Waals surface area contributed by atoms with E-state index in [1.54, 1.807) is 0 Å². The van der Waals surface area contributed by atoms with E-state index in [1.165, 1.54) is 5.56 Å². The number of ether oxygens (including phenoxy) is 1. The van der Waals surface area contributed by atoms with Crippen LogP contribution in [0, 0.1) is 0 Å². The van der Waals surface area contributed by atoms with Crippen LogP contribution in [0.5, 0.6) is 5.75 Å². The molecule has 1 aromatic carbocycles. The largest absolute Gasteiger partial charge is 0.489 e. The van der Waals surface area contributed by atoms with Crippen LogP contribution in [0.4, 0.5) is 0 Å². The van der Waals surface area contributed by atoms with Gasteiger partial charge in [-0.15, -0.1) is 0 Å². The average Bonchev–Trinajstić information content (AvgIpc) is 2.68. The molecule has 0 aliphatic carbocycles. The van der Waals surface area contributed by atoms with Gasteiger partial charge in [0.25, 0.3) is 0 Å². The van der Waals surface area contributed by atoms with E-state index in [1.807, 2.05) is 18.2 Å². The second-order valence-electron chi connectivity index (χ2n) is 4.00. The fourth-order valence-electron chi connectivity index (χ4n) is 1.88. The normalized spacial score (nSPS) is 20.2. The Bertz CT molecular complexity index is 356. The molecule has 3 nitrogen and oxygen atoms in total. The molecule has 16 heavy (non-hydrogen) atoms. The van der Waals surface area contributed by atoms with Crippen molar-refractivity contribution in [2.45, 2.75) is 18.9 Å². The minimum absolute atomic E-state index is 0.0796. The second-order valence-corrected chi connectivity index (χ2v) is 5.63. The Morgan fingerprint density at radius 2 is 2.25 bits per heavy atom. The predicted octanol–water partition coefficient (Wildman–Crippen LogP) is 1.09. The summed E-state index contributed by atoms with van der Waals surface area (Å²) in [5.74, 6) is 2.25. The molecule has 0 spiro atoms. The summed E-state index contributed by atoms with van der Waals surface area (Å²) in [4.78, 5) is 0. The van der Waals surface area contributed by atoms with Crippen LogP contribution in [0.2, 0.25) is 0 Å². The van der Waals surface area contributed by atoms with E-state index in [-0.39, 0.29) is 6.10 Å². The van der Waals surface area contributed by atoms with E-state index < -0.39 is 10.8 Å². The van der Waals surface area contributed by atoms with Gasteiger partial charge in [-0.05, 0) is 24.6 Å². The molecule has 0 amide bonds. The summed E-state index contributed by atoms with van der Waals surface area (Å²) < 4.78 is 17.4. The maximum Gasteiger partial charge on any atom is 0.123 e. The first kappa shape index (κ1) is 11.6. The molecule has 1 aliphatic heterocycles. The standard InChI is InChI=1S/C12H17NO2S/c13-6-3-7-16(14)9-11-8-10-4-1-2-5-12(10)15-11/h1-2,4-5,11H,3,6-9,13H2. The molecular weight excluding hydrogens is 222 g/mol. The SMILES string of the molecule is NCCCS(=O)CC1Cc2ccccc2O1. The number of hydrogen-bond acceptors (Lipinski definition) is 3. The molecule has 2 atom stereocenters. The molecule has 0 saturated heterocycles. The molecule has 0 aromatic heterocycles. The monoisotopic (exact) mass is 239 g/mol. The lowest BCUT2D eigenvalue weighted by Gasteiger charge is -2.09. The lowest BCUT2D eigenvalue weighted by atomic mass is 10.1. The number of fused-ring (bicyclic) bond motifs is 1. The van der Waals surface area contributed by atoms with Gasteiger partial charge in [-0.2, -0.15) is 0 Å². The molecular formula is C12H17NO2S. The van der Waals surface area contributed by atoms with Gasteiger partial charge in [-0.25, -0.2) is 0 Å². The Balaban J connectivity index is 1.85. The highest BCUT2D eigenvalue weighted by atomic mass is 32.2. The van der Waals surface area contributed by atoms with Crippen LogP contribution in [-0.2, 0) is 17.2 Å². The van der Waals surface area contributed by atoms with Crippen LogP contribution in [0.15, 0.2) is 24.3 Å². The average molecular weight is 239 g/mol.